The maximum Gasteiger partial charge on any atom is 0.243 e. The van der Waals surface area contributed by atoms with Crippen molar-refractivity contribution in [3.63, 3.8) is 0 Å². The van der Waals surface area contributed by atoms with Gasteiger partial charge in [0, 0.05) is 24.8 Å². The van der Waals surface area contributed by atoms with E-state index in [1.807, 2.05) is 13.8 Å². The number of carbonyl (C=O) groups excluding carboxylic acids is 1. The summed E-state index contributed by atoms with van der Waals surface area (Å²) < 4.78 is 26.4. The van der Waals surface area contributed by atoms with Gasteiger partial charge in [-0.15, -0.1) is 0 Å². The first kappa shape index (κ1) is 23.6. The highest BCUT2D eigenvalue weighted by atomic mass is 32.2. The van der Waals surface area contributed by atoms with Gasteiger partial charge in [-0.05, 0) is 50.6 Å². The van der Waals surface area contributed by atoms with Crippen molar-refractivity contribution in [1.82, 2.24) is 9.21 Å². The molecule has 0 aliphatic heterocycles. The lowest BCUT2D eigenvalue weighted by Crippen LogP contribution is -2.39. The lowest BCUT2D eigenvalue weighted by molar-refractivity contribution is -0.117. The molecular weight excluding hydrogens is 362 g/mol. The van der Waals surface area contributed by atoms with E-state index in [0.29, 0.717) is 31.4 Å². The van der Waals surface area contributed by atoms with Gasteiger partial charge < -0.3 is 5.32 Å². The molecule has 0 unspecified atom stereocenters. The Bertz CT molecular complexity index is 670. The molecule has 1 atom stereocenters. The number of carbonyl (C=O) groups is 1. The molecule has 27 heavy (non-hydrogen) atoms. The average Bonchev–Trinajstić information content (AvgIpc) is 2.65. The fourth-order valence-corrected chi connectivity index (χ4v) is 4.34. The van der Waals surface area contributed by atoms with Crippen molar-refractivity contribution >= 4 is 21.6 Å². The normalized spacial score (nSPS) is 13.1. The largest absolute Gasteiger partial charge is 0.325 e. The van der Waals surface area contributed by atoms with Crippen LogP contribution in [0.4, 0.5) is 5.69 Å². The quantitative estimate of drug-likeness (QED) is 0.585. The SMILES string of the molecule is CCCCN(CC(=O)Nc1ccc(S(=O)(=O)N(CC)CC)cc1)[C@H](C)CC. The first-order chi connectivity index (χ1) is 12.8. The van der Waals surface area contributed by atoms with Crippen LogP contribution in [0, 0.1) is 0 Å². The standard InChI is InChI=1S/C20H35N3O3S/c1-6-10-15-22(17(5)7-2)16-20(24)21-18-11-13-19(14-12-18)27(25,26)23(8-3)9-4/h11-14,17H,6-10,15-16H2,1-5H3,(H,21,24)/t17-/m1/s1. The Kier molecular flexibility index (Phi) is 9.98. The zero-order chi connectivity index (χ0) is 20.4. The number of hydrogen-bond donors (Lipinski definition) is 1. The fourth-order valence-electron chi connectivity index (χ4n) is 2.88. The molecule has 1 N–H and O–H groups in total. The fraction of sp³-hybridized carbons (Fsp3) is 0.650. The molecule has 0 radical (unpaired) electrons. The summed E-state index contributed by atoms with van der Waals surface area (Å²) in [5, 5.41) is 2.87. The molecule has 1 amide bonds. The highest BCUT2D eigenvalue weighted by molar-refractivity contribution is 7.89. The third-order valence-electron chi connectivity index (χ3n) is 4.84. The monoisotopic (exact) mass is 397 g/mol. The van der Waals surface area contributed by atoms with Gasteiger partial charge in [-0.1, -0.05) is 34.1 Å². The Labute approximate surface area is 165 Å². The van der Waals surface area contributed by atoms with E-state index in [2.05, 4.69) is 31.0 Å². The highest BCUT2D eigenvalue weighted by Gasteiger charge is 2.21. The van der Waals surface area contributed by atoms with E-state index in [-0.39, 0.29) is 10.8 Å². The van der Waals surface area contributed by atoms with Crippen molar-refractivity contribution in [1.29, 1.82) is 0 Å². The van der Waals surface area contributed by atoms with Crippen molar-refractivity contribution in [2.24, 2.45) is 0 Å². The molecule has 0 bridgehead atoms. The van der Waals surface area contributed by atoms with Crippen LogP contribution in [0.2, 0.25) is 0 Å². The Morgan fingerprint density at radius 2 is 1.67 bits per heavy atom. The summed E-state index contributed by atoms with van der Waals surface area (Å²) >= 11 is 0. The van der Waals surface area contributed by atoms with Gasteiger partial charge in [0.05, 0.1) is 11.4 Å². The number of nitrogens with one attached hydrogen (secondary N) is 1. The van der Waals surface area contributed by atoms with Crippen LogP contribution in [0.25, 0.3) is 0 Å². The van der Waals surface area contributed by atoms with E-state index >= 15 is 0 Å². The second-order valence-electron chi connectivity index (χ2n) is 6.74. The molecule has 0 aliphatic carbocycles. The molecule has 0 aromatic heterocycles. The van der Waals surface area contributed by atoms with Crippen molar-refractivity contribution in [3.8, 4) is 0 Å². The zero-order valence-electron chi connectivity index (χ0n) is 17.4. The third kappa shape index (κ3) is 6.90. The van der Waals surface area contributed by atoms with Crippen LogP contribution in [-0.4, -0.2) is 55.8 Å². The van der Waals surface area contributed by atoms with Crippen LogP contribution in [0.1, 0.15) is 53.9 Å². The maximum absolute atomic E-state index is 12.5. The second kappa shape index (κ2) is 11.4. The molecule has 0 fully saturated rings. The van der Waals surface area contributed by atoms with E-state index in [9.17, 15) is 13.2 Å². The molecule has 154 valence electrons. The van der Waals surface area contributed by atoms with E-state index in [1.54, 1.807) is 24.3 Å². The predicted molar refractivity (Wildman–Crippen MR) is 111 cm³/mol. The molecule has 0 saturated carbocycles. The predicted octanol–water partition coefficient (Wildman–Crippen LogP) is 3.56. The van der Waals surface area contributed by atoms with Crippen LogP contribution >= 0.6 is 0 Å². The molecule has 6 nitrogen and oxygen atoms in total. The minimum atomic E-state index is -3.48. The minimum Gasteiger partial charge on any atom is -0.325 e. The zero-order valence-corrected chi connectivity index (χ0v) is 18.2. The van der Waals surface area contributed by atoms with Crippen molar-refractivity contribution in [2.75, 3.05) is 31.5 Å². The molecule has 1 aromatic carbocycles. The number of benzene rings is 1. The summed E-state index contributed by atoms with van der Waals surface area (Å²) in [4.78, 5) is 14.8. The molecule has 0 aliphatic rings. The lowest BCUT2D eigenvalue weighted by atomic mass is 10.2. The average molecular weight is 398 g/mol. The Hall–Kier alpha value is -1.44. The van der Waals surface area contributed by atoms with Gasteiger partial charge in [0.2, 0.25) is 15.9 Å². The second-order valence-corrected chi connectivity index (χ2v) is 8.68. The van der Waals surface area contributed by atoms with E-state index in [1.165, 1.54) is 4.31 Å². The van der Waals surface area contributed by atoms with Crippen molar-refractivity contribution < 1.29 is 13.2 Å². The van der Waals surface area contributed by atoms with Gasteiger partial charge in [-0.2, -0.15) is 4.31 Å². The van der Waals surface area contributed by atoms with Crippen LogP contribution in [0.3, 0.4) is 0 Å². The van der Waals surface area contributed by atoms with Gasteiger partial charge >= 0.3 is 0 Å². The topological polar surface area (TPSA) is 69.7 Å². The highest BCUT2D eigenvalue weighted by Crippen LogP contribution is 2.18. The van der Waals surface area contributed by atoms with Crippen molar-refractivity contribution in [3.05, 3.63) is 24.3 Å². The number of anilines is 1. The van der Waals surface area contributed by atoms with Crippen LogP contribution in [0.15, 0.2) is 29.2 Å². The lowest BCUT2D eigenvalue weighted by Gasteiger charge is -2.27. The third-order valence-corrected chi connectivity index (χ3v) is 6.91. The summed E-state index contributed by atoms with van der Waals surface area (Å²) in [6.45, 7) is 12.1. The molecule has 1 rings (SSSR count). The van der Waals surface area contributed by atoms with Gasteiger partial charge in [-0.3, -0.25) is 9.69 Å². The summed E-state index contributed by atoms with van der Waals surface area (Å²) in [5.74, 6) is -0.0780. The van der Waals surface area contributed by atoms with Crippen LogP contribution in [0.5, 0.6) is 0 Å². The molecule has 0 heterocycles. The van der Waals surface area contributed by atoms with Gasteiger partial charge in [0.15, 0.2) is 0 Å². The number of sulfonamides is 1. The maximum atomic E-state index is 12.5. The number of hydrogen-bond acceptors (Lipinski definition) is 4. The Morgan fingerprint density at radius 1 is 1.07 bits per heavy atom. The smallest absolute Gasteiger partial charge is 0.243 e. The van der Waals surface area contributed by atoms with Crippen molar-refractivity contribution in [2.45, 2.75) is 64.8 Å². The van der Waals surface area contributed by atoms with Gasteiger partial charge in [0.1, 0.15) is 0 Å². The Balaban J connectivity index is 2.78. The van der Waals surface area contributed by atoms with Gasteiger partial charge in [-0.25, -0.2) is 8.42 Å². The first-order valence-electron chi connectivity index (χ1n) is 9.94. The molecule has 1 aromatic rings. The molecule has 7 heteroatoms. The molecule has 0 spiro atoms. The molecule has 0 saturated heterocycles. The number of amides is 1. The van der Waals surface area contributed by atoms with E-state index < -0.39 is 10.0 Å². The number of unbranched alkanes of at least 4 members (excludes halogenated alkanes) is 1. The first-order valence-corrected chi connectivity index (χ1v) is 11.4. The summed E-state index contributed by atoms with van der Waals surface area (Å²) in [6.07, 6.45) is 3.15. The number of nitrogens with zero attached hydrogens (tertiary/aromatic N) is 2. The summed E-state index contributed by atoms with van der Waals surface area (Å²) in [5.41, 5.74) is 0.609. The van der Waals surface area contributed by atoms with Crippen LogP contribution < -0.4 is 5.32 Å². The van der Waals surface area contributed by atoms with E-state index in [0.717, 1.165) is 25.8 Å². The van der Waals surface area contributed by atoms with Gasteiger partial charge in [0.25, 0.3) is 0 Å². The summed E-state index contributed by atoms with van der Waals surface area (Å²) in [6, 6.07) is 6.74. The van der Waals surface area contributed by atoms with E-state index in [4.69, 9.17) is 0 Å². The minimum absolute atomic E-state index is 0.0780. The number of rotatable bonds is 12. The Morgan fingerprint density at radius 3 is 2.15 bits per heavy atom. The summed E-state index contributed by atoms with van der Waals surface area (Å²) in [7, 11) is -3.48. The van der Waals surface area contributed by atoms with Crippen LogP contribution in [-0.2, 0) is 14.8 Å². The molecular formula is C20H35N3O3S.